The van der Waals surface area contributed by atoms with Crippen LogP contribution >= 0.6 is 7.92 Å². The maximum absolute atomic E-state index is 5.25. The Hall–Kier alpha value is -2.89. The third kappa shape index (κ3) is 4.32. The van der Waals surface area contributed by atoms with Gasteiger partial charge in [0.05, 0.1) is 7.11 Å². The molecule has 0 N–H and O–H groups in total. The zero-order valence-corrected chi connectivity index (χ0v) is 16.8. The van der Waals surface area contributed by atoms with Gasteiger partial charge < -0.3 is 4.74 Å². The van der Waals surface area contributed by atoms with E-state index in [-0.39, 0.29) is 0 Å². The largest absolute Gasteiger partial charge is 0.497 e. The fraction of sp³-hybridized carbons (Fsp3) is 0.0769. The predicted octanol–water partition coefficient (Wildman–Crippen LogP) is 5.04. The molecule has 0 fully saturated rings. The Kier molecular flexibility index (Phi) is 5.85. The highest BCUT2D eigenvalue weighted by molar-refractivity contribution is 7.79. The molecule has 0 aliphatic carbocycles. The van der Waals surface area contributed by atoms with E-state index in [0.717, 1.165) is 12.2 Å². The second kappa shape index (κ2) is 8.87. The average Bonchev–Trinajstić information content (AvgIpc) is 2.77. The molecule has 0 amide bonds. The molecule has 28 heavy (non-hydrogen) atoms. The lowest BCUT2D eigenvalue weighted by atomic mass is 10.1. The number of hydrogen-bond acceptors (Lipinski definition) is 1. The fourth-order valence-electron chi connectivity index (χ4n) is 3.34. The van der Waals surface area contributed by atoms with Crippen molar-refractivity contribution in [3.8, 4) is 5.75 Å². The van der Waals surface area contributed by atoms with E-state index in [1.807, 2.05) is 12.1 Å². The molecular weight excluding hydrogens is 359 g/mol. The Balaban J connectivity index is 1.61. The Morgan fingerprint density at radius 3 is 1.43 bits per heavy atom. The van der Waals surface area contributed by atoms with Crippen LogP contribution in [0.25, 0.3) is 0 Å². The summed E-state index contributed by atoms with van der Waals surface area (Å²) in [5, 5.41) is 4.14. The summed E-state index contributed by atoms with van der Waals surface area (Å²) in [7, 11) is 1.16. The molecule has 0 aliphatic heterocycles. The minimum absolute atomic E-state index is 0.541. The molecule has 0 aliphatic rings. The number of benzene rings is 4. The molecule has 4 aromatic carbocycles. The standard InChI is InChI=1S/C26H23OP/c1-27-23-16-12-21(13-17-23)20-22-14-18-26(19-15-22)28(24-8-4-2-5-9-24)25-10-6-3-7-11-25/h2-19H,20H2,1H3. The topological polar surface area (TPSA) is 9.23 Å². The lowest BCUT2D eigenvalue weighted by Gasteiger charge is -2.19. The van der Waals surface area contributed by atoms with Crippen molar-refractivity contribution in [3.63, 3.8) is 0 Å². The van der Waals surface area contributed by atoms with E-state index in [2.05, 4.69) is 97.1 Å². The molecule has 138 valence electrons. The third-order valence-corrected chi connectivity index (χ3v) is 7.23. The first kappa shape index (κ1) is 18.5. The van der Waals surface area contributed by atoms with E-state index in [0.29, 0.717) is 0 Å². The van der Waals surface area contributed by atoms with Gasteiger partial charge in [-0.15, -0.1) is 0 Å². The van der Waals surface area contributed by atoms with E-state index < -0.39 is 7.92 Å². The first-order valence-corrected chi connectivity index (χ1v) is 10.8. The fourth-order valence-corrected chi connectivity index (χ4v) is 5.63. The molecule has 0 atom stereocenters. The van der Waals surface area contributed by atoms with Crippen LogP contribution in [0, 0.1) is 0 Å². The van der Waals surface area contributed by atoms with Crippen molar-refractivity contribution < 1.29 is 4.74 Å². The minimum Gasteiger partial charge on any atom is -0.497 e. The summed E-state index contributed by atoms with van der Waals surface area (Å²) in [5.41, 5.74) is 2.62. The Morgan fingerprint density at radius 2 is 0.964 bits per heavy atom. The average molecular weight is 382 g/mol. The summed E-state index contributed by atoms with van der Waals surface area (Å²) in [6.45, 7) is 0. The normalized spacial score (nSPS) is 10.8. The van der Waals surface area contributed by atoms with Crippen LogP contribution < -0.4 is 20.7 Å². The molecule has 0 spiro atoms. The zero-order chi connectivity index (χ0) is 19.2. The molecule has 4 rings (SSSR count). The third-order valence-electron chi connectivity index (χ3n) is 4.79. The lowest BCUT2D eigenvalue weighted by molar-refractivity contribution is 0.414. The van der Waals surface area contributed by atoms with E-state index in [9.17, 15) is 0 Å². The maximum atomic E-state index is 5.25. The summed E-state index contributed by atoms with van der Waals surface area (Å²) in [5.74, 6) is 0.899. The Labute approximate surface area is 168 Å². The maximum Gasteiger partial charge on any atom is 0.118 e. The summed E-state index contributed by atoms with van der Waals surface area (Å²) < 4.78 is 5.25. The highest BCUT2D eigenvalue weighted by Crippen LogP contribution is 2.32. The van der Waals surface area contributed by atoms with Gasteiger partial charge in [0.15, 0.2) is 0 Å². The van der Waals surface area contributed by atoms with Crippen molar-refractivity contribution >= 4 is 23.8 Å². The summed E-state index contributed by atoms with van der Waals surface area (Å²) in [6.07, 6.45) is 0.929. The molecule has 4 aromatic rings. The van der Waals surface area contributed by atoms with E-state index in [1.54, 1.807) is 7.11 Å². The van der Waals surface area contributed by atoms with Crippen LogP contribution in [-0.4, -0.2) is 7.11 Å². The minimum atomic E-state index is -0.541. The van der Waals surface area contributed by atoms with Crippen molar-refractivity contribution in [2.24, 2.45) is 0 Å². The molecule has 0 saturated heterocycles. The lowest BCUT2D eigenvalue weighted by Crippen LogP contribution is -2.20. The Morgan fingerprint density at radius 1 is 0.536 bits per heavy atom. The second-order valence-corrected chi connectivity index (χ2v) is 8.92. The van der Waals surface area contributed by atoms with E-state index in [4.69, 9.17) is 4.74 Å². The number of hydrogen-bond donors (Lipinski definition) is 0. The first-order chi connectivity index (χ1) is 13.8. The van der Waals surface area contributed by atoms with Crippen LogP contribution in [0.4, 0.5) is 0 Å². The molecule has 0 aromatic heterocycles. The van der Waals surface area contributed by atoms with Crippen molar-refractivity contribution in [2.75, 3.05) is 7.11 Å². The molecule has 0 saturated carbocycles. The van der Waals surface area contributed by atoms with Gasteiger partial charge in [-0.25, -0.2) is 0 Å². The van der Waals surface area contributed by atoms with Crippen LogP contribution in [0.5, 0.6) is 5.75 Å². The Bertz CT molecular complexity index is 954. The highest BCUT2D eigenvalue weighted by atomic mass is 31.1. The number of methoxy groups -OCH3 is 1. The van der Waals surface area contributed by atoms with Gasteiger partial charge in [-0.05, 0) is 53.5 Å². The molecule has 2 heteroatoms. The first-order valence-electron chi connectivity index (χ1n) is 9.45. The second-order valence-electron chi connectivity index (χ2n) is 6.70. The van der Waals surface area contributed by atoms with Crippen molar-refractivity contribution in [3.05, 3.63) is 120 Å². The molecule has 0 unspecified atom stereocenters. The molecular formula is C26H23OP. The SMILES string of the molecule is COc1ccc(Cc2ccc(P(c3ccccc3)c3ccccc3)cc2)cc1. The van der Waals surface area contributed by atoms with Gasteiger partial charge in [0.25, 0.3) is 0 Å². The summed E-state index contributed by atoms with van der Waals surface area (Å²) >= 11 is 0. The van der Waals surface area contributed by atoms with Crippen LogP contribution in [0.15, 0.2) is 109 Å². The van der Waals surface area contributed by atoms with Gasteiger partial charge in [-0.3, -0.25) is 0 Å². The van der Waals surface area contributed by atoms with Crippen molar-refractivity contribution in [2.45, 2.75) is 6.42 Å². The molecule has 0 bridgehead atoms. The van der Waals surface area contributed by atoms with Gasteiger partial charge in [-0.1, -0.05) is 97.1 Å². The number of rotatable bonds is 6. The van der Waals surface area contributed by atoms with E-state index >= 15 is 0 Å². The van der Waals surface area contributed by atoms with Gasteiger partial charge >= 0.3 is 0 Å². The smallest absolute Gasteiger partial charge is 0.118 e. The van der Waals surface area contributed by atoms with Crippen molar-refractivity contribution in [1.82, 2.24) is 0 Å². The van der Waals surface area contributed by atoms with Crippen molar-refractivity contribution in [1.29, 1.82) is 0 Å². The van der Waals surface area contributed by atoms with Crippen LogP contribution in [0.3, 0.4) is 0 Å². The van der Waals surface area contributed by atoms with E-state index in [1.165, 1.54) is 27.0 Å². The summed E-state index contributed by atoms with van der Waals surface area (Å²) in [6, 6.07) is 39.1. The highest BCUT2D eigenvalue weighted by Gasteiger charge is 2.15. The van der Waals surface area contributed by atoms with Crippen LogP contribution in [-0.2, 0) is 6.42 Å². The summed E-state index contributed by atoms with van der Waals surface area (Å²) in [4.78, 5) is 0. The zero-order valence-electron chi connectivity index (χ0n) is 16.0. The molecule has 0 heterocycles. The van der Waals surface area contributed by atoms with Gasteiger partial charge in [-0.2, -0.15) is 0 Å². The van der Waals surface area contributed by atoms with Crippen LogP contribution in [0.2, 0.25) is 0 Å². The quantitative estimate of drug-likeness (QED) is 0.424. The van der Waals surface area contributed by atoms with Crippen LogP contribution in [0.1, 0.15) is 11.1 Å². The van der Waals surface area contributed by atoms with Gasteiger partial charge in [0.1, 0.15) is 5.75 Å². The molecule has 0 radical (unpaired) electrons. The van der Waals surface area contributed by atoms with Gasteiger partial charge in [0.2, 0.25) is 0 Å². The number of ether oxygens (including phenoxy) is 1. The monoisotopic (exact) mass is 382 g/mol. The predicted molar refractivity (Wildman–Crippen MR) is 121 cm³/mol. The van der Waals surface area contributed by atoms with Gasteiger partial charge in [0, 0.05) is 0 Å². The molecule has 1 nitrogen and oxygen atoms in total.